The van der Waals surface area contributed by atoms with Gasteiger partial charge in [0, 0.05) is 38.3 Å². The van der Waals surface area contributed by atoms with Gasteiger partial charge < -0.3 is 14.4 Å². The van der Waals surface area contributed by atoms with E-state index in [-0.39, 0.29) is 12.5 Å². The number of nitrogens with zero attached hydrogens (tertiary/aromatic N) is 2. The Balaban J connectivity index is 1.53. The van der Waals surface area contributed by atoms with E-state index < -0.39 is 17.3 Å². The number of carboxylic acid groups (broad SMARTS) is 1. The van der Waals surface area contributed by atoms with E-state index in [2.05, 4.69) is 11.5 Å². The highest BCUT2D eigenvalue weighted by Gasteiger charge is 2.61. The molecule has 1 aromatic carbocycles. The summed E-state index contributed by atoms with van der Waals surface area (Å²) in [6.07, 6.45) is 3.29. The highest BCUT2D eigenvalue weighted by Crippen LogP contribution is 2.44. The van der Waals surface area contributed by atoms with Crippen LogP contribution in [0.1, 0.15) is 5.56 Å². The molecule has 1 aromatic heterocycles. The van der Waals surface area contributed by atoms with E-state index in [4.69, 9.17) is 4.42 Å². The molecule has 3 heterocycles. The van der Waals surface area contributed by atoms with Gasteiger partial charge in [-0.05, 0) is 23.8 Å². The second-order valence-electron chi connectivity index (χ2n) is 7.37. The predicted molar refractivity (Wildman–Crippen MR) is 99.8 cm³/mol. The third-order valence-electron chi connectivity index (χ3n) is 5.61. The van der Waals surface area contributed by atoms with Crippen molar-refractivity contribution < 1.29 is 19.1 Å². The Morgan fingerprint density at radius 3 is 2.85 bits per heavy atom. The van der Waals surface area contributed by atoms with Crippen LogP contribution in [0.2, 0.25) is 0 Å². The van der Waals surface area contributed by atoms with Crippen molar-refractivity contribution in [1.29, 1.82) is 0 Å². The number of hydrogen-bond donors (Lipinski definition) is 1. The smallest absolute Gasteiger partial charge is 0.313 e. The van der Waals surface area contributed by atoms with Crippen LogP contribution in [0.3, 0.4) is 0 Å². The van der Waals surface area contributed by atoms with Crippen molar-refractivity contribution in [2.24, 2.45) is 11.3 Å². The second kappa shape index (κ2) is 6.70. The molecular weight excluding hydrogens is 344 g/mol. The van der Waals surface area contributed by atoms with Crippen LogP contribution in [0.4, 0.5) is 0 Å². The van der Waals surface area contributed by atoms with E-state index >= 15 is 0 Å². The molecule has 27 heavy (non-hydrogen) atoms. The minimum Gasteiger partial charge on any atom is -0.481 e. The third kappa shape index (κ3) is 2.96. The number of benzene rings is 1. The van der Waals surface area contributed by atoms with Crippen molar-refractivity contribution in [3.8, 4) is 11.3 Å². The molecule has 2 fully saturated rings. The first-order valence-electron chi connectivity index (χ1n) is 9.02. The fourth-order valence-corrected chi connectivity index (χ4v) is 4.36. The minimum absolute atomic E-state index is 0.0795. The van der Waals surface area contributed by atoms with E-state index in [1.807, 2.05) is 36.4 Å². The highest BCUT2D eigenvalue weighted by molar-refractivity contribution is 5.92. The number of likely N-dealkylation sites (tertiary alicyclic amines) is 2. The largest absolute Gasteiger partial charge is 0.481 e. The van der Waals surface area contributed by atoms with Gasteiger partial charge in [0.15, 0.2) is 0 Å². The van der Waals surface area contributed by atoms with E-state index in [9.17, 15) is 14.7 Å². The maximum Gasteiger partial charge on any atom is 0.313 e. The van der Waals surface area contributed by atoms with E-state index in [0.29, 0.717) is 26.2 Å². The topological polar surface area (TPSA) is 74.0 Å². The Morgan fingerprint density at radius 2 is 2.19 bits per heavy atom. The summed E-state index contributed by atoms with van der Waals surface area (Å²) in [4.78, 5) is 28.4. The van der Waals surface area contributed by atoms with Crippen LogP contribution in [0.25, 0.3) is 11.3 Å². The standard InChI is InChI=1S/C21H22N2O4/c1-2-8-23-14-21(20(25)26)13-22(12-17(21)19(23)24)11-15-5-3-6-16(10-15)18-7-4-9-27-18/h2-7,9-10,17H,1,8,11-14H2,(H,25,26)/t17-,21-/m0/s1. The van der Waals surface area contributed by atoms with Crippen molar-refractivity contribution in [3.63, 3.8) is 0 Å². The molecule has 2 aliphatic rings. The monoisotopic (exact) mass is 366 g/mol. The van der Waals surface area contributed by atoms with Gasteiger partial charge in [0.25, 0.3) is 0 Å². The van der Waals surface area contributed by atoms with Crippen LogP contribution < -0.4 is 0 Å². The van der Waals surface area contributed by atoms with Crippen molar-refractivity contribution in [1.82, 2.24) is 9.80 Å². The minimum atomic E-state index is -1.03. The van der Waals surface area contributed by atoms with Gasteiger partial charge in [0.1, 0.15) is 11.2 Å². The van der Waals surface area contributed by atoms with Crippen LogP contribution in [0.15, 0.2) is 59.7 Å². The third-order valence-corrected chi connectivity index (χ3v) is 5.61. The summed E-state index contributed by atoms with van der Waals surface area (Å²) in [6, 6.07) is 11.8. The number of carboxylic acids is 1. The van der Waals surface area contributed by atoms with Gasteiger partial charge in [-0.1, -0.05) is 24.3 Å². The average molecular weight is 366 g/mol. The van der Waals surface area contributed by atoms with Crippen molar-refractivity contribution in [2.75, 3.05) is 26.2 Å². The molecule has 1 amide bonds. The number of fused-ring (bicyclic) bond motifs is 1. The Morgan fingerprint density at radius 1 is 1.33 bits per heavy atom. The van der Waals surface area contributed by atoms with Crippen molar-refractivity contribution in [3.05, 3.63) is 60.9 Å². The lowest BCUT2D eigenvalue weighted by Crippen LogP contribution is -2.40. The van der Waals surface area contributed by atoms with Gasteiger partial charge in [-0.3, -0.25) is 14.5 Å². The summed E-state index contributed by atoms with van der Waals surface area (Å²) in [6.45, 7) is 5.75. The molecule has 0 bridgehead atoms. The average Bonchev–Trinajstić information content (AvgIpc) is 3.34. The summed E-state index contributed by atoms with van der Waals surface area (Å²) in [5.74, 6) is -0.668. The lowest BCUT2D eigenvalue weighted by molar-refractivity contribution is -0.149. The highest BCUT2D eigenvalue weighted by atomic mass is 16.4. The fraction of sp³-hybridized carbons (Fsp3) is 0.333. The predicted octanol–water partition coefficient (Wildman–Crippen LogP) is 2.48. The number of amides is 1. The molecule has 0 aliphatic carbocycles. The summed E-state index contributed by atoms with van der Waals surface area (Å²) in [5, 5.41) is 9.89. The lowest BCUT2D eigenvalue weighted by atomic mass is 9.81. The maximum absolute atomic E-state index is 12.7. The van der Waals surface area contributed by atoms with Crippen LogP contribution in [-0.2, 0) is 16.1 Å². The van der Waals surface area contributed by atoms with Crippen molar-refractivity contribution >= 4 is 11.9 Å². The van der Waals surface area contributed by atoms with Crippen LogP contribution in [0, 0.1) is 11.3 Å². The van der Waals surface area contributed by atoms with Crippen molar-refractivity contribution in [2.45, 2.75) is 6.54 Å². The summed E-state index contributed by atoms with van der Waals surface area (Å²) in [5.41, 5.74) is 1.02. The molecule has 0 saturated carbocycles. The van der Waals surface area contributed by atoms with E-state index in [1.54, 1.807) is 17.2 Å². The Labute approximate surface area is 157 Å². The van der Waals surface area contributed by atoms with Gasteiger partial charge in [0.05, 0.1) is 12.2 Å². The molecule has 4 rings (SSSR count). The first kappa shape index (κ1) is 17.5. The molecule has 2 atom stereocenters. The summed E-state index contributed by atoms with van der Waals surface area (Å²) in [7, 11) is 0. The van der Waals surface area contributed by atoms with E-state index in [0.717, 1.165) is 16.9 Å². The Bertz CT molecular complexity index is 876. The fourth-order valence-electron chi connectivity index (χ4n) is 4.36. The molecule has 0 radical (unpaired) electrons. The number of aliphatic carboxylic acids is 1. The zero-order valence-corrected chi connectivity index (χ0v) is 15.0. The maximum atomic E-state index is 12.7. The molecule has 2 saturated heterocycles. The number of rotatable bonds is 6. The number of furan rings is 1. The molecule has 0 spiro atoms. The zero-order chi connectivity index (χ0) is 19.0. The quantitative estimate of drug-likeness (QED) is 0.795. The van der Waals surface area contributed by atoms with Crippen LogP contribution >= 0.6 is 0 Å². The lowest BCUT2D eigenvalue weighted by Gasteiger charge is -2.24. The van der Waals surface area contributed by atoms with Gasteiger partial charge >= 0.3 is 5.97 Å². The van der Waals surface area contributed by atoms with Crippen LogP contribution in [-0.4, -0.2) is 53.0 Å². The Kier molecular flexibility index (Phi) is 4.36. The first-order chi connectivity index (χ1) is 13.0. The number of hydrogen-bond acceptors (Lipinski definition) is 4. The molecule has 140 valence electrons. The van der Waals surface area contributed by atoms with Crippen LogP contribution in [0.5, 0.6) is 0 Å². The second-order valence-corrected chi connectivity index (χ2v) is 7.37. The number of carbonyl (C=O) groups excluding carboxylic acids is 1. The summed E-state index contributed by atoms with van der Waals surface area (Å²) < 4.78 is 5.45. The molecule has 1 N–H and O–H groups in total. The SMILES string of the molecule is C=CCN1C[C@@]2(C(=O)O)CN(Cc3cccc(-c4ccco4)c3)C[C@H]2C1=O. The van der Waals surface area contributed by atoms with Gasteiger partial charge in [-0.15, -0.1) is 6.58 Å². The van der Waals surface area contributed by atoms with E-state index in [1.165, 1.54) is 0 Å². The normalized spacial score (nSPS) is 25.0. The molecule has 2 aromatic rings. The van der Waals surface area contributed by atoms with Gasteiger partial charge in [0.2, 0.25) is 5.91 Å². The molecular formula is C21H22N2O4. The Hall–Kier alpha value is -2.86. The summed E-state index contributed by atoms with van der Waals surface area (Å²) >= 11 is 0. The zero-order valence-electron chi connectivity index (χ0n) is 15.0. The molecule has 0 unspecified atom stereocenters. The molecule has 6 heteroatoms. The number of carbonyl (C=O) groups is 2. The van der Waals surface area contributed by atoms with Gasteiger partial charge in [-0.25, -0.2) is 0 Å². The first-order valence-corrected chi connectivity index (χ1v) is 9.02. The molecule has 6 nitrogen and oxygen atoms in total. The molecule has 2 aliphatic heterocycles. The van der Waals surface area contributed by atoms with Gasteiger partial charge in [-0.2, -0.15) is 0 Å².